The van der Waals surface area contributed by atoms with Crippen molar-refractivity contribution in [3.05, 3.63) is 5.56 Å². The average molecular weight is 390 g/mol. The van der Waals surface area contributed by atoms with Crippen LogP contribution in [0.2, 0.25) is 0 Å². The SMILES string of the molecule is CC(=O)NCCCCCC(=O)N1CCCC2(CC1)Cc1c(N)nc(N)nc1O2. The van der Waals surface area contributed by atoms with Gasteiger partial charge in [0.1, 0.15) is 11.4 Å². The lowest BCUT2D eigenvalue weighted by Crippen LogP contribution is -2.37. The zero-order valence-corrected chi connectivity index (χ0v) is 16.5. The van der Waals surface area contributed by atoms with E-state index < -0.39 is 0 Å². The van der Waals surface area contributed by atoms with E-state index in [4.69, 9.17) is 16.2 Å². The first-order chi connectivity index (χ1) is 13.4. The topological polar surface area (TPSA) is 136 Å². The standard InChI is InChI=1S/C19H30N6O3/c1-13(26)22-9-4-2-3-6-15(27)25-10-5-7-19(8-11-25)12-14-16(20)23-18(21)24-17(14)28-19/h2-12H2,1H3,(H,22,26)(H4,20,21,23,24). The second-order valence-electron chi connectivity index (χ2n) is 7.74. The third kappa shape index (κ3) is 4.82. The second-order valence-corrected chi connectivity index (χ2v) is 7.74. The Morgan fingerprint density at radius 1 is 1.18 bits per heavy atom. The lowest BCUT2D eigenvalue weighted by Gasteiger charge is -2.27. The molecule has 0 aliphatic carbocycles. The van der Waals surface area contributed by atoms with Gasteiger partial charge in [0.2, 0.25) is 23.6 Å². The number of rotatable bonds is 6. The maximum Gasteiger partial charge on any atom is 0.225 e. The van der Waals surface area contributed by atoms with Gasteiger partial charge in [-0.2, -0.15) is 9.97 Å². The van der Waals surface area contributed by atoms with E-state index in [2.05, 4.69) is 15.3 Å². The van der Waals surface area contributed by atoms with Crippen LogP contribution < -0.4 is 21.5 Å². The van der Waals surface area contributed by atoms with Gasteiger partial charge in [0.25, 0.3) is 0 Å². The Labute approximate surface area is 165 Å². The minimum Gasteiger partial charge on any atom is -0.470 e. The number of amides is 2. The Morgan fingerprint density at radius 3 is 2.79 bits per heavy atom. The van der Waals surface area contributed by atoms with Gasteiger partial charge in [-0.3, -0.25) is 9.59 Å². The zero-order chi connectivity index (χ0) is 20.1. The first-order valence-electron chi connectivity index (χ1n) is 10.0. The van der Waals surface area contributed by atoms with Crippen molar-refractivity contribution in [1.29, 1.82) is 0 Å². The van der Waals surface area contributed by atoms with E-state index in [9.17, 15) is 9.59 Å². The molecule has 2 aliphatic heterocycles. The van der Waals surface area contributed by atoms with E-state index in [-0.39, 0.29) is 23.4 Å². The lowest BCUT2D eigenvalue weighted by atomic mass is 9.90. The Kier molecular flexibility index (Phi) is 6.21. The minimum absolute atomic E-state index is 0.0127. The smallest absolute Gasteiger partial charge is 0.225 e. The highest BCUT2D eigenvalue weighted by Gasteiger charge is 2.43. The monoisotopic (exact) mass is 390 g/mol. The number of carbonyl (C=O) groups excluding carboxylic acids is 2. The number of aromatic nitrogens is 2. The van der Waals surface area contributed by atoms with Crippen LogP contribution in [0, 0.1) is 0 Å². The van der Waals surface area contributed by atoms with Gasteiger partial charge in [-0.25, -0.2) is 0 Å². The Bertz CT molecular complexity index is 741. The number of fused-ring (bicyclic) bond motifs is 1. The number of nitrogen functional groups attached to an aromatic ring is 2. The van der Waals surface area contributed by atoms with Crippen molar-refractivity contribution in [2.45, 2.75) is 63.9 Å². The molecule has 5 N–H and O–H groups in total. The number of nitrogens with zero attached hydrogens (tertiary/aromatic N) is 3. The fourth-order valence-corrected chi connectivity index (χ4v) is 4.01. The van der Waals surface area contributed by atoms with Crippen molar-refractivity contribution < 1.29 is 14.3 Å². The molecule has 154 valence electrons. The van der Waals surface area contributed by atoms with E-state index in [1.54, 1.807) is 0 Å². The van der Waals surface area contributed by atoms with Crippen LogP contribution in [-0.4, -0.2) is 51.9 Å². The predicted octanol–water partition coefficient (Wildman–Crippen LogP) is 1.02. The van der Waals surface area contributed by atoms with Crippen LogP contribution in [0.3, 0.4) is 0 Å². The van der Waals surface area contributed by atoms with Crippen LogP contribution in [-0.2, 0) is 16.0 Å². The molecule has 9 nitrogen and oxygen atoms in total. The molecule has 1 unspecified atom stereocenters. The molecule has 1 aromatic rings. The molecule has 0 bridgehead atoms. The minimum atomic E-state index is -0.369. The van der Waals surface area contributed by atoms with Crippen molar-refractivity contribution in [3.8, 4) is 5.88 Å². The number of ether oxygens (including phenoxy) is 1. The van der Waals surface area contributed by atoms with Crippen LogP contribution in [0.25, 0.3) is 0 Å². The number of nitrogens with one attached hydrogen (secondary N) is 1. The summed E-state index contributed by atoms with van der Waals surface area (Å²) >= 11 is 0. The third-order valence-electron chi connectivity index (χ3n) is 5.52. The van der Waals surface area contributed by atoms with Crippen molar-refractivity contribution >= 4 is 23.6 Å². The molecule has 28 heavy (non-hydrogen) atoms. The quantitative estimate of drug-likeness (QED) is 0.617. The molecule has 2 aliphatic rings. The number of hydrogen-bond acceptors (Lipinski definition) is 7. The van der Waals surface area contributed by atoms with Crippen molar-refractivity contribution in [3.63, 3.8) is 0 Å². The summed E-state index contributed by atoms with van der Waals surface area (Å²) in [5.41, 5.74) is 12.1. The predicted molar refractivity (Wildman–Crippen MR) is 106 cm³/mol. The van der Waals surface area contributed by atoms with Crippen molar-refractivity contribution in [2.24, 2.45) is 0 Å². The maximum atomic E-state index is 12.6. The number of hydrogen-bond donors (Lipinski definition) is 3. The summed E-state index contributed by atoms with van der Waals surface area (Å²) in [5.74, 6) is 1.17. The first kappa shape index (κ1) is 20.2. The number of anilines is 2. The largest absolute Gasteiger partial charge is 0.470 e. The summed E-state index contributed by atoms with van der Waals surface area (Å²) in [7, 11) is 0. The summed E-state index contributed by atoms with van der Waals surface area (Å²) in [6.45, 7) is 3.60. The summed E-state index contributed by atoms with van der Waals surface area (Å²) in [6, 6.07) is 0. The second kappa shape index (κ2) is 8.62. The van der Waals surface area contributed by atoms with Crippen LogP contribution in [0.4, 0.5) is 11.8 Å². The number of carbonyl (C=O) groups is 2. The van der Waals surface area contributed by atoms with Gasteiger partial charge in [0.05, 0.1) is 5.56 Å². The van der Waals surface area contributed by atoms with Crippen LogP contribution in [0.15, 0.2) is 0 Å². The molecule has 0 radical (unpaired) electrons. The molecular weight excluding hydrogens is 360 g/mol. The summed E-state index contributed by atoms with van der Waals surface area (Å²) in [4.78, 5) is 33.6. The molecule has 0 aromatic carbocycles. The number of likely N-dealkylation sites (tertiary alicyclic amines) is 1. The highest BCUT2D eigenvalue weighted by atomic mass is 16.5. The molecule has 1 spiro atoms. The molecule has 1 aromatic heterocycles. The summed E-state index contributed by atoms with van der Waals surface area (Å²) in [5, 5.41) is 2.77. The Morgan fingerprint density at radius 2 is 2.00 bits per heavy atom. The third-order valence-corrected chi connectivity index (χ3v) is 5.52. The normalized spacial score (nSPS) is 21.1. The molecule has 1 saturated heterocycles. The number of nitrogens with two attached hydrogens (primary N) is 2. The summed E-state index contributed by atoms with van der Waals surface area (Å²) in [6.07, 6.45) is 6.36. The average Bonchev–Trinajstić information content (AvgIpc) is 2.85. The fraction of sp³-hybridized carbons (Fsp3) is 0.684. The van der Waals surface area contributed by atoms with Gasteiger partial charge in [0.15, 0.2) is 0 Å². The zero-order valence-electron chi connectivity index (χ0n) is 16.5. The van der Waals surface area contributed by atoms with Crippen LogP contribution in [0.1, 0.15) is 57.4 Å². The molecule has 0 saturated carbocycles. The molecule has 3 heterocycles. The van der Waals surface area contributed by atoms with E-state index >= 15 is 0 Å². The van der Waals surface area contributed by atoms with Crippen molar-refractivity contribution in [2.75, 3.05) is 31.1 Å². The molecule has 2 amide bonds. The Balaban J connectivity index is 1.47. The molecule has 9 heteroatoms. The molecule has 1 fully saturated rings. The van der Waals surface area contributed by atoms with Crippen LogP contribution in [0.5, 0.6) is 5.88 Å². The van der Waals surface area contributed by atoms with Gasteiger partial charge < -0.3 is 26.4 Å². The molecular formula is C19H30N6O3. The fourth-order valence-electron chi connectivity index (χ4n) is 4.01. The highest BCUT2D eigenvalue weighted by molar-refractivity contribution is 5.76. The van der Waals surface area contributed by atoms with E-state index in [1.807, 2.05) is 4.90 Å². The van der Waals surface area contributed by atoms with Gasteiger partial charge in [0, 0.05) is 45.8 Å². The van der Waals surface area contributed by atoms with Gasteiger partial charge in [-0.15, -0.1) is 0 Å². The highest BCUT2D eigenvalue weighted by Crippen LogP contribution is 2.42. The lowest BCUT2D eigenvalue weighted by molar-refractivity contribution is -0.131. The van der Waals surface area contributed by atoms with E-state index in [0.717, 1.165) is 50.6 Å². The Hall–Kier alpha value is -2.58. The van der Waals surface area contributed by atoms with E-state index in [1.165, 1.54) is 6.92 Å². The number of unbranched alkanes of at least 4 members (excludes halogenated alkanes) is 2. The maximum absolute atomic E-state index is 12.6. The van der Waals surface area contributed by atoms with Crippen molar-refractivity contribution in [1.82, 2.24) is 20.2 Å². The van der Waals surface area contributed by atoms with Gasteiger partial charge >= 0.3 is 0 Å². The van der Waals surface area contributed by atoms with E-state index in [0.29, 0.717) is 37.6 Å². The van der Waals surface area contributed by atoms with Gasteiger partial charge in [-0.1, -0.05) is 6.42 Å². The molecule has 3 rings (SSSR count). The van der Waals surface area contributed by atoms with Gasteiger partial charge in [-0.05, 0) is 25.7 Å². The van der Waals surface area contributed by atoms with Crippen LogP contribution >= 0.6 is 0 Å². The molecule has 1 atom stereocenters. The summed E-state index contributed by atoms with van der Waals surface area (Å²) < 4.78 is 6.17. The first-order valence-corrected chi connectivity index (χ1v) is 10.0.